The fraction of sp³-hybridized carbons (Fsp3) is 0.316. The summed E-state index contributed by atoms with van der Waals surface area (Å²) in [5.41, 5.74) is 2.18. The Kier molecular flexibility index (Phi) is 6.49. The van der Waals surface area contributed by atoms with Crippen LogP contribution in [0, 0.1) is 0 Å². The van der Waals surface area contributed by atoms with Crippen LogP contribution in [0.25, 0.3) is 0 Å². The molecular weight excluding hydrogens is 276 g/mol. The lowest BCUT2D eigenvalue weighted by Gasteiger charge is -2.10. The maximum Gasteiger partial charge on any atom is 0.513 e. The molecule has 0 N–H and O–H groups in total. The Hall–Kier alpha value is -2.29. The molecule has 22 heavy (non-hydrogen) atoms. The first kappa shape index (κ1) is 16.1. The van der Waals surface area contributed by atoms with Crippen LogP contribution in [0.2, 0.25) is 0 Å². The predicted molar refractivity (Wildman–Crippen MR) is 87.2 cm³/mol. The largest absolute Gasteiger partial charge is 0.513 e. The summed E-state index contributed by atoms with van der Waals surface area (Å²) in [5.74, 6) is 0.598. The number of ether oxygens (including phenoxy) is 2. The molecule has 0 aromatic heterocycles. The van der Waals surface area contributed by atoms with Gasteiger partial charge in [-0.05, 0) is 30.0 Å². The molecule has 0 radical (unpaired) electrons. The first-order chi connectivity index (χ1) is 10.8. The Labute approximate surface area is 131 Å². The zero-order valence-electron chi connectivity index (χ0n) is 13.0. The highest BCUT2D eigenvalue weighted by Crippen LogP contribution is 2.20. The number of aryl methyl sites for hydroxylation is 1. The van der Waals surface area contributed by atoms with Crippen molar-refractivity contribution in [2.24, 2.45) is 0 Å². The Morgan fingerprint density at radius 3 is 2.45 bits per heavy atom. The van der Waals surface area contributed by atoms with E-state index in [0.717, 1.165) is 30.4 Å². The number of carbonyl (C=O) groups is 1. The lowest BCUT2D eigenvalue weighted by molar-refractivity contribution is 0.0998. The molecule has 0 atom stereocenters. The predicted octanol–water partition coefficient (Wildman–Crippen LogP) is 4.79. The molecule has 0 spiro atoms. The monoisotopic (exact) mass is 298 g/mol. The van der Waals surface area contributed by atoms with Crippen molar-refractivity contribution in [2.45, 2.75) is 32.6 Å². The standard InChI is InChI=1S/C19H22O3/c1-2-3-11-17-12-7-8-13-18(17)22-19(20)21-15-14-16-9-5-4-6-10-16/h4-10,12-13H,2-3,11,14-15H2,1H3. The van der Waals surface area contributed by atoms with Gasteiger partial charge in [0.2, 0.25) is 0 Å². The Balaban J connectivity index is 1.81. The second-order valence-electron chi connectivity index (χ2n) is 5.15. The van der Waals surface area contributed by atoms with Crippen LogP contribution in [0.5, 0.6) is 5.75 Å². The van der Waals surface area contributed by atoms with Gasteiger partial charge in [-0.25, -0.2) is 4.79 Å². The minimum absolute atomic E-state index is 0.319. The number of carbonyl (C=O) groups excluding carboxylic acids is 1. The average Bonchev–Trinajstić information content (AvgIpc) is 2.55. The van der Waals surface area contributed by atoms with Gasteiger partial charge in [0.05, 0.1) is 6.61 Å². The molecule has 0 unspecified atom stereocenters. The van der Waals surface area contributed by atoms with Crippen LogP contribution in [0.15, 0.2) is 54.6 Å². The molecule has 3 heteroatoms. The Morgan fingerprint density at radius 1 is 0.955 bits per heavy atom. The van der Waals surface area contributed by atoms with Gasteiger partial charge in [-0.1, -0.05) is 61.9 Å². The SMILES string of the molecule is CCCCc1ccccc1OC(=O)OCCc1ccccc1. The Morgan fingerprint density at radius 2 is 1.68 bits per heavy atom. The summed E-state index contributed by atoms with van der Waals surface area (Å²) in [7, 11) is 0. The van der Waals surface area contributed by atoms with E-state index in [9.17, 15) is 4.79 Å². The number of benzene rings is 2. The van der Waals surface area contributed by atoms with Gasteiger partial charge in [-0.3, -0.25) is 0 Å². The third kappa shape index (κ3) is 5.24. The van der Waals surface area contributed by atoms with Gasteiger partial charge >= 0.3 is 6.16 Å². The van der Waals surface area contributed by atoms with E-state index in [4.69, 9.17) is 9.47 Å². The molecule has 2 aromatic carbocycles. The minimum Gasteiger partial charge on any atom is -0.434 e. The van der Waals surface area contributed by atoms with Crippen molar-refractivity contribution in [3.05, 3.63) is 65.7 Å². The maximum absolute atomic E-state index is 11.8. The fourth-order valence-corrected chi connectivity index (χ4v) is 2.19. The zero-order chi connectivity index (χ0) is 15.6. The summed E-state index contributed by atoms with van der Waals surface area (Å²) < 4.78 is 10.5. The summed E-state index contributed by atoms with van der Waals surface area (Å²) in [4.78, 5) is 11.8. The first-order valence-electron chi connectivity index (χ1n) is 7.76. The minimum atomic E-state index is -0.639. The van der Waals surface area contributed by atoms with Crippen LogP contribution >= 0.6 is 0 Å². The molecule has 0 amide bonds. The van der Waals surface area contributed by atoms with E-state index in [0.29, 0.717) is 18.8 Å². The van der Waals surface area contributed by atoms with Crippen molar-refractivity contribution in [3.8, 4) is 5.75 Å². The molecule has 0 bridgehead atoms. The van der Waals surface area contributed by atoms with E-state index in [2.05, 4.69) is 6.92 Å². The highest BCUT2D eigenvalue weighted by molar-refractivity contribution is 5.64. The van der Waals surface area contributed by atoms with Gasteiger partial charge in [0, 0.05) is 6.42 Å². The molecule has 2 rings (SSSR count). The number of para-hydroxylation sites is 1. The van der Waals surface area contributed by atoms with Crippen LogP contribution in [0.3, 0.4) is 0 Å². The third-order valence-corrected chi connectivity index (χ3v) is 3.42. The van der Waals surface area contributed by atoms with E-state index >= 15 is 0 Å². The zero-order valence-corrected chi connectivity index (χ0v) is 13.0. The van der Waals surface area contributed by atoms with E-state index in [1.807, 2.05) is 54.6 Å². The molecule has 0 saturated carbocycles. The van der Waals surface area contributed by atoms with Crippen molar-refractivity contribution < 1.29 is 14.3 Å². The molecule has 0 aliphatic rings. The van der Waals surface area contributed by atoms with E-state index in [1.54, 1.807) is 0 Å². The van der Waals surface area contributed by atoms with Crippen molar-refractivity contribution in [3.63, 3.8) is 0 Å². The van der Waals surface area contributed by atoms with Crippen molar-refractivity contribution in [1.82, 2.24) is 0 Å². The molecule has 116 valence electrons. The first-order valence-corrected chi connectivity index (χ1v) is 7.76. The normalized spacial score (nSPS) is 10.2. The van der Waals surface area contributed by atoms with E-state index < -0.39 is 6.16 Å². The molecule has 2 aromatic rings. The van der Waals surface area contributed by atoms with Crippen LogP contribution in [-0.2, 0) is 17.6 Å². The van der Waals surface area contributed by atoms with Gasteiger partial charge in [0.25, 0.3) is 0 Å². The second-order valence-corrected chi connectivity index (χ2v) is 5.15. The third-order valence-electron chi connectivity index (χ3n) is 3.42. The number of hydrogen-bond acceptors (Lipinski definition) is 3. The topological polar surface area (TPSA) is 35.5 Å². The quantitative estimate of drug-likeness (QED) is 0.544. The molecular formula is C19H22O3. The molecule has 0 fully saturated rings. The molecule has 0 heterocycles. The van der Waals surface area contributed by atoms with Gasteiger partial charge in [-0.2, -0.15) is 0 Å². The Bertz CT molecular complexity index is 578. The van der Waals surface area contributed by atoms with Crippen molar-refractivity contribution in [2.75, 3.05) is 6.61 Å². The average molecular weight is 298 g/mol. The molecule has 3 nitrogen and oxygen atoms in total. The van der Waals surface area contributed by atoms with Crippen molar-refractivity contribution >= 4 is 6.16 Å². The van der Waals surface area contributed by atoms with Gasteiger partial charge in [0.1, 0.15) is 5.75 Å². The summed E-state index contributed by atoms with van der Waals surface area (Å²) in [5, 5.41) is 0. The van der Waals surface area contributed by atoms with Crippen LogP contribution in [0.1, 0.15) is 30.9 Å². The molecule has 0 aliphatic heterocycles. The second kappa shape index (κ2) is 8.88. The van der Waals surface area contributed by atoms with Gasteiger partial charge in [-0.15, -0.1) is 0 Å². The number of rotatable bonds is 7. The number of hydrogen-bond donors (Lipinski definition) is 0. The number of unbranched alkanes of at least 4 members (excludes halogenated alkanes) is 1. The van der Waals surface area contributed by atoms with Gasteiger partial charge in [0.15, 0.2) is 0 Å². The summed E-state index contributed by atoms with van der Waals surface area (Å²) in [6.45, 7) is 2.46. The molecule has 0 aliphatic carbocycles. The summed E-state index contributed by atoms with van der Waals surface area (Å²) >= 11 is 0. The van der Waals surface area contributed by atoms with E-state index in [-0.39, 0.29) is 0 Å². The van der Waals surface area contributed by atoms with Crippen LogP contribution in [-0.4, -0.2) is 12.8 Å². The van der Waals surface area contributed by atoms with Crippen molar-refractivity contribution in [1.29, 1.82) is 0 Å². The fourth-order valence-electron chi connectivity index (χ4n) is 2.19. The highest BCUT2D eigenvalue weighted by atomic mass is 16.7. The van der Waals surface area contributed by atoms with Crippen LogP contribution in [0.4, 0.5) is 4.79 Å². The lowest BCUT2D eigenvalue weighted by atomic mass is 10.1. The summed E-state index contributed by atoms with van der Waals surface area (Å²) in [6.07, 6.45) is 3.14. The van der Waals surface area contributed by atoms with Gasteiger partial charge < -0.3 is 9.47 Å². The smallest absolute Gasteiger partial charge is 0.434 e. The lowest BCUT2D eigenvalue weighted by Crippen LogP contribution is -2.13. The molecule has 0 saturated heterocycles. The maximum atomic E-state index is 11.8. The highest BCUT2D eigenvalue weighted by Gasteiger charge is 2.09. The summed E-state index contributed by atoms with van der Waals surface area (Å²) in [6, 6.07) is 17.5. The van der Waals surface area contributed by atoms with E-state index in [1.165, 1.54) is 0 Å². The van der Waals surface area contributed by atoms with Crippen LogP contribution < -0.4 is 4.74 Å².